The Labute approximate surface area is 171 Å². The lowest BCUT2D eigenvalue weighted by Crippen LogP contribution is -2.35. The van der Waals surface area contributed by atoms with E-state index in [9.17, 15) is 9.90 Å². The molecule has 3 heterocycles. The number of aryl methyl sites for hydroxylation is 2. The van der Waals surface area contributed by atoms with Crippen LogP contribution in [0.2, 0.25) is 0 Å². The van der Waals surface area contributed by atoms with Crippen molar-refractivity contribution in [3.63, 3.8) is 0 Å². The summed E-state index contributed by atoms with van der Waals surface area (Å²) in [5.74, 6) is 0.188. The number of fused-ring (bicyclic) bond motifs is 1. The van der Waals surface area contributed by atoms with Gasteiger partial charge in [-0.25, -0.2) is 0 Å². The monoisotopic (exact) mass is 402 g/mol. The fraction of sp³-hybridized carbons (Fsp3) is 0.571. The quantitative estimate of drug-likeness (QED) is 0.620. The Hall–Kier alpha value is -2.61. The molecule has 0 spiro atoms. The molecule has 8 heteroatoms. The summed E-state index contributed by atoms with van der Waals surface area (Å²) in [6, 6.07) is 1.88. The van der Waals surface area contributed by atoms with Gasteiger partial charge in [-0.15, -0.1) is 0 Å². The van der Waals surface area contributed by atoms with E-state index in [4.69, 9.17) is 5.73 Å². The van der Waals surface area contributed by atoms with Crippen LogP contribution in [-0.2, 0) is 19.2 Å². The summed E-state index contributed by atoms with van der Waals surface area (Å²) in [4.78, 5) is 12.5. The largest absolute Gasteiger partial charge is 0.384 e. The summed E-state index contributed by atoms with van der Waals surface area (Å²) >= 11 is 0. The third-order valence-electron chi connectivity index (χ3n) is 4.98. The van der Waals surface area contributed by atoms with Crippen LogP contribution in [-0.4, -0.2) is 29.7 Å². The van der Waals surface area contributed by atoms with Crippen molar-refractivity contribution in [1.82, 2.24) is 24.5 Å². The summed E-state index contributed by atoms with van der Waals surface area (Å²) in [6.07, 6.45) is 5.51. The van der Waals surface area contributed by atoms with Gasteiger partial charge in [0.25, 0.3) is 5.56 Å². The van der Waals surface area contributed by atoms with Crippen LogP contribution in [0.25, 0.3) is 22.2 Å². The molecular formula is C21H34N6O2. The molecule has 3 aromatic rings. The van der Waals surface area contributed by atoms with Gasteiger partial charge in [-0.2, -0.15) is 10.2 Å². The number of nitrogens with one attached hydrogen (secondary N) is 1. The van der Waals surface area contributed by atoms with Gasteiger partial charge in [-0.1, -0.05) is 34.1 Å². The van der Waals surface area contributed by atoms with Gasteiger partial charge in [0.15, 0.2) is 5.82 Å². The molecule has 1 aliphatic rings. The van der Waals surface area contributed by atoms with Gasteiger partial charge in [-0.05, 0) is 32.3 Å². The van der Waals surface area contributed by atoms with Crippen molar-refractivity contribution < 1.29 is 5.11 Å². The van der Waals surface area contributed by atoms with E-state index in [1.807, 2.05) is 33.9 Å². The molecule has 3 aromatic heterocycles. The highest BCUT2D eigenvalue weighted by atomic mass is 16.3. The van der Waals surface area contributed by atoms with E-state index in [0.29, 0.717) is 23.1 Å². The first kappa shape index (κ1) is 22.7. The second-order valence-electron chi connectivity index (χ2n) is 7.12. The van der Waals surface area contributed by atoms with Gasteiger partial charge < -0.3 is 15.4 Å². The minimum atomic E-state index is -0.800. The third kappa shape index (κ3) is 4.07. The predicted molar refractivity (Wildman–Crippen MR) is 118 cm³/mol. The number of rotatable bonds is 3. The van der Waals surface area contributed by atoms with Crippen molar-refractivity contribution in [1.29, 1.82) is 0 Å². The Morgan fingerprint density at radius 1 is 1.28 bits per heavy atom. The molecule has 1 fully saturated rings. The molecule has 0 atom stereocenters. The molecule has 0 aliphatic heterocycles. The fourth-order valence-corrected chi connectivity index (χ4v) is 3.42. The van der Waals surface area contributed by atoms with Crippen LogP contribution in [0.1, 0.15) is 66.0 Å². The number of pyridine rings is 1. The summed E-state index contributed by atoms with van der Waals surface area (Å²) in [6.45, 7) is 10.7. The molecule has 160 valence electrons. The molecule has 0 unspecified atom stereocenters. The van der Waals surface area contributed by atoms with Gasteiger partial charge >= 0.3 is 0 Å². The Bertz CT molecular complexity index is 1010. The SMILES string of the molecule is CC.CCC.CCn1cc(-c2cc(C3(O)CCC3)n(C)n2)c2[nH]nc(N)c2c1=O. The maximum absolute atomic E-state index is 12.5. The van der Waals surface area contributed by atoms with E-state index in [0.717, 1.165) is 30.5 Å². The second-order valence-corrected chi connectivity index (χ2v) is 7.12. The van der Waals surface area contributed by atoms with Crippen LogP contribution in [0.3, 0.4) is 0 Å². The minimum absolute atomic E-state index is 0.170. The lowest BCUT2D eigenvalue weighted by Gasteiger charge is -2.36. The van der Waals surface area contributed by atoms with E-state index in [1.54, 1.807) is 15.4 Å². The highest BCUT2D eigenvalue weighted by Crippen LogP contribution is 2.42. The standard InChI is InChI=1S/C16H20N6O2.C3H8.C2H6/c1-3-22-8-9(13-12(15(22)23)14(17)19-18-13)10-7-11(21(2)20-10)16(24)5-4-6-16;1-3-2;1-2/h7-8,24H,3-6H2,1-2H3,(H3,17,18,19);3H2,1-2H3;1-2H3. The van der Waals surface area contributed by atoms with E-state index in [-0.39, 0.29) is 11.4 Å². The number of nitrogens with two attached hydrogens (primary N) is 1. The van der Waals surface area contributed by atoms with E-state index < -0.39 is 5.60 Å². The Balaban J connectivity index is 0.000000551. The summed E-state index contributed by atoms with van der Waals surface area (Å²) in [7, 11) is 1.82. The number of aliphatic hydroxyl groups is 1. The molecule has 1 saturated carbocycles. The summed E-state index contributed by atoms with van der Waals surface area (Å²) in [5, 5.41) is 22.4. The highest BCUT2D eigenvalue weighted by molar-refractivity contribution is 5.97. The van der Waals surface area contributed by atoms with Crippen molar-refractivity contribution in [2.24, 2.45) is 7.05 Å². The number of aromatic amines is 1. The molecule has 29 heavy (non-hydrogen) atoms. The van der Waals surface area contributed by atoms with Crippen LogP contribution in [0, 0.1) is 0 Å². The van der Waals surface area contributed by atoms with Crippen LogP contribution < -0.4 is 11.3 Å². The topological polar surface area (TPSA) is 115 Å². The smallest absolute Gasteiger partial charge is 0.263 e. The van der Waals surface area contributed by atoms with Gasteiger partial charge in [0.2, 0.25) is 0 Å². The number of anilines is 1. The zero-order valence-corrected chi connectivity index (χ0v) is 18.4. The lowest BCUT2D eigenvalue weighted by atomic mass is 9.77. The van der Waals surface area contributed by atoms with Crippen LogP contribution in [0.15, 0.2) is 17.1 Å². The zero-order valence-electron chi connectivity index (χ0n) is 18.4. The van der Waals surface area contributed by atoms with E-state index in [2.05, 4.69) is 29.1 Å². The zero-order chi connectivity index (χ0) is 21.8. The molecule has 0 saturated heterocycles. The first-order valence-electron chi connectivity index (χ1n) is 10.5. The molecule has 0 amide bonds. The predicted octanol–water partition coefficient (Wildman–Crippen LogP) is 3.54. The molecule has 0 radical (unpaired) electrons. The average Bonchev–Trinajstić information content (AvgIpc) is 3.26. The third-order valence-corrected chi connectivity index (χ3v) is 4.98. The number of hydrogen-bond acceptors (Lipinski definition) is 5. The van der Waals surface area contributed by atoms with Crippen LogP contribution >= 0.6 is 0 Å². The summed E-state index contributed by atoms with van der Waals surface area (Å²) < 4.78 is 3.30. The Kier molecular flexibility index (Phi) is 7.24. The normalized spacial score (nSPS) is 14.4. The first-order valence-corrected chi connectivity index (χ1v) is 10.5. The summed E-state index contributed by atoms with van der Waals surface area (Å²) in [5.41, 5.74) is 7.69. The van der Waals surface area contributed by atoms with Gasteiger partial charge in [0.1, 0.15) is 11.0 Å². The maximum Gasteiger partial charge on any atom is 0.263 e. The second kappa shape index (κ2) is 9.26. The van der Waals surface area contributed by atoms with Crippen LogP contribution in [0.4, 0.5) is 5.82 Å². The van der Waals surface area contributed by atoms with Gasteiger partial charge in [0, 0.05) is 25.4 Å². The van der Waals surface area contributed by atoms with E-state index >= 15 is 0 Å². The molecular weight excluding hydrogens is 368 g/mol. The minimum Gasteiger partial charge on any atom is -0.384 e. The van der Waals surface area contributed by atoms with Crippen molar-refractivity contribution >= 4 is 16.7 Å². The lowest BCUT2D eigenvalue weighted by molar-refractivity contribution is -0.0456. The number of nitrogen functional groups attached to an aromatic ring is 1. The van der Waals surface area contributed by atoms with Crippen molar-refractivity contribution in [2.45, 2.75) is 72.4 Å². The Morgan fingerprint density at radius 3 is 2.41 bits per heavy atom. The average molecular weight is 403 g/mol. The number of hydrogen-bond donors (Lipinski definition) is 3. The molecule has 8 nitrogen and oxygen atoms in total. The first-order chi connectivity index (χ1) is 13.9. The van der Waals surface area contributed by atoms with Gasteiger partial charge in [0.05, 0.1) is 16.9 Å². The highest BCUT2D eigenvalue weighted by Gasteiger charge is 2.39. The van der Waals surface area contributed by atoms with E-state index in [1.165, 1.54) is 6.42 Å². The van der Waals surface area contributed by atoms with Crippen molar-refractivity contribution in [3.8, 4) is 11.3 Å². The molecule has 4 N–H and O–H groups in total. The number of aromatic nitrogens is 5. The number of H-pyrrole nitrogens is 1. The molecule has 4 rings (SSSR count). The maximum atomic E-state index is 12.5. The fourth-order valence-electron chi connectivity index (χ4n) is 3.42. The Morgan fingerprint density at radius 2 is 1.90 bits per heavy atom. The number of nitrogens with zero attached hydrogens (tertiary/aromatic N) is 4. The molecule has 1 aliphatic carbocycles. The molecule has 0 bridgehead atoms. The van der Waals surface area contributed by atoms with Crippen LogP contribution in [0.5, 0.6) is 0 Å². The van der Waals surface area contributed by atoms with Crippen molar-refractivity contribution in [2.75, 3.05) is 5.73 Å². The molecule has 0 aromatic carbocycles. The van der Waals surface area contributed by atoms with Gasteiger partial charge in [-0.3, -0.25) is 14.6 Å². The van der Waals surface area contributed by atoms with Crippen molar-refractivity contribution in [3.05, 3.63) is 28.3 Å².